The Morgan fingerprint density at radius 3 is 2.48 bits per heavy atom. The van der Waals surface area contributed by atoms with Crippen molar-refractivity contribution in [1.82, 2.24) is 5.32 Å². The number of hydrogen-bond donors (Lipinski definition) is 2. The van der Waals surface area contributed by atoms with Gasteiger partial charge in [-0.15, -0.1) is 0 Å². The van der Waals surface area contributed by atoms with Gasteiger partial charge in [0.2, 0.25) is 0 Å². The van der Waals surface area contributed by atoms with Gasteiger partial charge in [-0.25, -0.2) is 0 Å². The lowest BCUT2D eigenvalue weighted by Gasteiger charge is -2.07. The number of benzene rings is 1. The molecule has 0 atom stereocenters. The highest BCUT2D eigenvalue weighted by molar-refractivity contribution is 5.31. The van der Waals surface area contributed by atoms with Crippen LogP contribution in [0.2, 0.25) is 0 Å². The largest absolute Gasteiger partial charge is 0.508 e. The Labute approximate surface area is 129 Å². The van der Waals surface area contributed by atoms with E-state index in [1.807, 2.05) is 18.2 Å². The smallest absolute Gasteiger partial charge is 0.120 e. The third kappa shape index (κ3) is 9.48. The summed E-state index contributed by atoms with van der Waals surface area (Å²) >= 11 is 0. The van der Waals surface area contributed by atoms with Crippen molar-refractivity contribution in [3.63, 3.8) is 0 Å². The minimum absolute atomic E-state index is 0.365. The first-order valence-electron chi connectivity index (χ1n) is 8.40. The highest BCUT2D eigenvalue weighted by Gasteiger charge is 1.98. The molecule has 0 aliphatic carbocycles. The van der Waals surface area contributed by atoms with Crippen molar-refractivity contribution in [1.29, 1.82) is 0 Å². The number of phenols is 1. The van der Waals surface area contributed by atoms with E-state index in [1.54, 1.807) is 6.07 Å². The van der Waals surface area contributed by atoms with Crippen LogP contribution in [0.1, 0.15) is 57.4 Å². The fraction of sp³-hybridized carbons (Fsp3) is 0.667. The highest BCUT2D eigenvalue weighted by Crippen LogP contribution is 2.14. The Morgan fingerprint density at radius 2 is 1.67 bits per heavy atom. The fourth-order valence-corrected chi connectivity index (χ4v) is 2.27. The molecule has 0 aromatic heterocycles. The number of nitrogens with one attached hydrogen (secondary N) is 1. The normalized spacial score (nSPS) is 10.9. The van der Waals surface area contributed by atoms with Crippen LogP contribution in [0.5, 0.6) is 5.75 Å². The average Bonchev–Trinajstić information content (AvgIpc) is 2.50. The second-order valence-corrected chi connectivity index (χ2v) is 5.54. The lowest BCUT2D eigenvalue weighted by molar-refractivity contribution is 0.127. The van der Waals surface area contributed by atoms with Crippen LogP contribution in [0.3, 0.4) is 0 Å². The van der Waals surface area contributed by atoms with Gasteiger partial charge in [0.25, 0.3) is 0 Å². The third-order valence-corrected chi connectivity index (χ3v) is 3.59. The SMILES string of the molecule is CCCCCCCCOCCCNCc1ccccc1O. The summed E-state index contributed by atoms with van der Waals surface area (Å²) in [7, 11) is 0. The zero-order valence-corrected chi connectivity index (χ0v) is 13.4. The molecule has 0 fully saturated rings. The summed E-state index contributed by atoms with van der Waals surface area (Å²) in [6.07, 6.45) is 8.89. The molecular weight excluding hydrogens is 262 g/mol. The van der Waals surface area contributed by atoms with Crippen molar-refractivity contribution in [3.8, 4) is 5.75 Å². The molecule has 0 heterocycles. The molecule has 0 spiro atoms. The van der Waals surface area contributed by atoms with Gasteiger partial charge in [0.1, 0.15) is 5.75 Å². The van der Waals surface area contributed by atoms with Crippen molar-refractivity contribution >= 4 is 0 Å². The summed E-state index contributed by atoms with van der Waals surface area (Å²) in [4.78, 5) is 0. The van der Waals surface area contributed by atoms with Crippen molar-refractivity contribution in [2.24, 2.45) is 0 Å². The molecule has 0 unspecified atom stereocenters. The molecule has 1 aromatic carbocycles. The van der Waals surface area contributed by atoms with Crippen LogP contribution in [0.4, 0.5) is 0 Å². The summed E-state index contributed by atoms with van der Waals surface area (Å²) in [5, 5.41) is 13.0. The van der Waals surface area contributed by atoms with E-state index >= 15 is 0 Å². The first kappa shape index (κ1) is 18.0. The average molecular weight is 293 g/mol. The second-order valence-electron chi connectivity index (χ2n) is 5.54. The summed E-state index contributed by atoms with van der Waals surface area (Å²) in [5.41, 5.74) is 0.950. The molecule has 0 amide bonds. The number of phenolic OH excluding ortho intramolecular Hbond substituents is 1. The predicted molar refractivity (Wildman–Crippen MR) is 88.6 cm³/mol. The van der Waals surface area contributed by atoms with E-state index in [-0.39, 0.29) is 0 Å². The van der Waals surface area contributed by atoms with E-state index in [2.05, 4.69) is 12.2 Å². The Balaban J connectivity index is 1.84. The maximum absolute atomic E-state index is 9.62. The van der Waals surface area contributed by atoms with E-state index < -0.39 is 0 Å². The maximum atomic E-state index is 9.62. The van der Waals surface area contributed by atoms with E-state index in [9.17, 15) is 5.11 Å². The molecule has 3 heteroatoms. The quantitative estimate of drug-likeness (QED) is 0.534. The van der Waals surface area contributed by atoms with Gasteiger partial charge >= 0.3 is 0 Å². The molecule has 0 bridgehead atoms. The molecular formula is C18H31NO2. The second kappa shape index (κ2) is 12.7. The van der Waals surface area contributed by atoms with Gasteiger partial charge in [0.15, 0.2) is 0 Å². The summed E-state index contributed by atoms with van der Waals surface area (Å²) < 4.78 is 5.63. The van der Waals surface area contributed by atoms with E-state index in [0.29, 0.717) is 12.3 Å². The molecule has 0 aliphatic heterocycles. The van der Waals surface area contributed by atoms with Gasteiger partial charge in [-0.3, -0.25) is 0 Å². The van der Waals surface area contributed by atoms with Crippen molar-refractivity contribution in [3.05, 3.63) is 29.8 Å². The fourth-order valence-electron chi connectivity index (χ4n) is 2.27. The minimum atomic E-state index is 0.365. The standard InChI is InChI=1S/C18H31NO2/c1-2-3-4-5-6-9-14-21-15-10-13-19-16-17-11-7-8-12-18(17)20/h7-8,11-12,19-20H,2-6,9-10,13-16H2,1H3. The molecule has 1 rings (SSSR count). The highest BCUT2D eigenvalue weighted by atomic mass is 16.5. The van der Waals surface area contributed by atoms with Crippen LogP contribution < -0.4 is 5.32 Å². The van der Waals surface area contributed by atoms with Gasteiger partial charge in [-0.1, -0.05) is 57.2 Å². The van der Waals surface area contributed by atoms with Gasteiger partial charge in [-0.2, -0.15) is 0 Å². The van der Waals surface area contributed by atoms with E-state index in [0.717, 1.165) is 31.7 Å². The number of unbranched alkanes of at least 4 members (excludes halogenated alkanes) is 5. The molecule has 0 saturated heterocycles. The Bertz CT molecular complexity index is 355. The molecule has 0 saturated carbocycles. The summed E-state index contributed by atoms with van der Waals surface area (Å²) in [5.74, 6) is 0.365. The topological polar surface area (TPSA) is 41.5 Å². The Morgan fingerprint density at radius 1 is 0.952 bits per heavy atom. The van der Waals surface area contributed by atoms with Crippen LogP contribution >= 0.6 is 0 Å². The molecule has 0 aliphatic rings. The van der Waals surface area contributed by atoms with Crippen molar-refractivity contribution in [2.75, 3.05) is 19.8 Å². The molecule has 3 nitrogen and oxygen atoms in total. The molecule has 0 radical (unpaired) electrons. The first-order chi connectivity index (χ1) is 10.3. The first-order valence-corrected chi connectivity index (χ1v) is 8.40. The lowest BCUT2D eigenvalue weighted by Crippen LogP contribution is -2.16. The predicted octanol–water partition coefficient (Wildman–Crippen LogP) is 4.25. The van der Waals surface area contributed by atoms with Crippen LogP contribution in [0, 0.1) is 0 Å². The summed E-state index contributed by atoms with van der Waals surface area (Å²) in [6, 6.07) is 7.45. The van der Waals surface area contributed by atoms with Gasteiger partial charge < -0.3 is 15.2 Å². The van der Waals surface area contributed by atoms with Crippen LogP contribution in [0.25, 0.3) is 0 Å². The van der Waals surface area contributed by atoms with E-state index in [4.69, 9.17) is 4.74 Å². The monoisotopic (exact) mass is 293 g/mol. The zero-order chi connectivity index (χ0) is 15.2. The number of rotatable bonds is 13. The number of hydrogen-bond acceptors (Lipinski definition) is 3. The Hall–Kier alpha value is -1.06. The zero-order valence-electron chi connectivity index (χ0n) is 13.4. The number of para-hydroxylation sites is 1. The number of aromatic hydroxyl groups is 1. The third-order valence-electron chi connectivity index (χ3n) is 3.59. The van der Waals surface area contributed by atoms with Gasteiger partial charge in [0.05, 0.1) is 0 Å². The molecule has 1 aromatic rings. The van der Waals surface area contributed by atoms with Gasteiger partial charge in [-0.05, 0) is 25.5 Å². The van der Waals surface area contributed by atoms with Crippen LogP contribution in [-0.4, -0.2) is 24.9 Å². The van der Waals surface area contributed by atoms with E-state index in [1.165, 1.54) is 38.5 Å². The maximum Gasteiger partial charge on any atom is 0.120 e. The van der Waals surface area contributed by atoms with Crippen LogP contribution in [0.15, 0.2) is 24.3 Å². The summed E-state index contributed by atoms with van der Waals surface area (Å²) in [6.45, 7) is 5.60. The molecule has 21 heavy (non-hydrogen) atoms. The Kier molecular flexibility index (Phi) is 10.8. The van der Waals surface area contributed by atoms with Gasteiger partial charge in [0, 0.05) is 25.3 Å². The minimum Gasteiger partial charge on any atom is -0.508 e. The van der Waals surface area contributed by atoms with Crippen molar-refractivity contribution < 1.29 is 9.84 Å². The van der Waals surface area contributed by atoms with Crippen LogP contribution in [-0.2, 0) is 11.3 Å². The number of ether oxygens (including phenoxy) is 1. The molecule has 120 valence electrons. The lowest BCUT2D eigenvalue weighted by atomic mass is 10.1. The molecule has 2 N–H and O–H groups in total. The van der Waals surface area contributed by atoms with Crippen molar-refractivity contribution in [2.45, 2.75) is 58.4 Å².